The van der Waals surface area contributed by atoms with E-state index in [1.165, 1.54) is 19.1 Å². The molecule has 0 aromatic heterocycles. The van der Waals surface area contributed by atoms with Crippen LogP contribution in [0.3, 0.4) is 0 Å². The minimum absolute atomic E-state index is 0.168. The van der Waals surface area contributed by atoms with Crippen LogP contribution >= 0.6 is 34.2 Å². The van der Waals surface area contributed by atoms with Gasteiger partial charge in [-0.05, 0) is 64.9 Å². The molecule has 0 N–H and O–H groups in total. The van der Waals surface area contributed by atoms with E-state index in [2.05, 4.69) is 22.6 Å². The minimum Gasteiger partial charge on any atom is -0.207 e. The molecule has 0 aliphatic carbocycles. The molecule has 0 bridgehead atoms. The largest absolute Gasteiger partial charge is 0.207 e. The summed E-state index contributed by atoms with van der Waals surface area (Å²) in [6, 6.07) is 9.76. The first-order chi connectivity index (χ1) is 8.49. The number of benzene rings is 2. The van der Waals surface area contributed by atoms with Gasteiger partial charge in [0.05, 0.1) is 5.38 Å². The van der Waals surface area contributed by atoms with Crippen molar-refractivity contribution in [3.05, 3.63) is 68.3 Å². The van der Waals surface area contributed by atoms with Crippen LogP contribution in [0.25, 0.3) is 0 Å². The zero-order chi connectivity index (χ0) is 13.3. The fourth-order valence-corrected chi connectivity index (χ4v) is 2.57. The number of rotatable bonds is 2. The Balaban J connectivity index is 2.46. The molecule has 2 aromatic carbocycles. The smallest absolute Gasteiger partial charge is 0.128 e. The average molecular weight is 379 g/mol. The summed E-state index contributed by atoms with van der Waals surface area (Å²) >= 11 is 8.38. The Morgan fingerprint density at radius 1 is 1.11 bits per heavy atom. The normalized spacial score (nSPS) is 12.5. The first kappa shape index (κ1) is 13.7. The van der Waals surface area contributed by atoms with Crippen LogP contribution in [0.4, 0.5) is 8.78 Å². The fourth-order valence-electron chi connectivity index (χ4n) is 1.70. The third-order valence-electron chi connectivity index (χ3n) is 2.69. The molecule has 18 heavy (non-hydrogen) atoms. The first-order valence-corrected chi connectivity index (χ1v) is 6.85. The number of hydrogen-bond acceptors (Lipinski definition) is 0. The maximum absolute atomic E-state index is 13.8. The lowest BCUT2D eigenvalue weighted by Gasteiger charge is -2.13. The van der Waals surface area contributed by atoms with Crippen LogP contribution in [0.15, 0.2) is 36.4 Å². The predicted octanol–water partition coefficient (Wildman–Crippen LogP) is 5.21. The Bertz CT molecular complexity index is 584. The molecule has 94 valence electrons. The van der Waals surface area contributed by atoms with Gasteiger partial charge in [-0.25, -0.2) is 8.78 Å². The third-order valence-corrected chi connectivity index (χ3v) is 3.85. The molecule has 4 heteroatoms. The van der Waals surface area contributed by atoms with Crippen molar-refractivity contribution in [1.82, 2.24) is 0 Å². The quantitative estimate of drug-likeness (QED) is 0.497. The molecule has 0 radical (unpaired) electrons. The first-order valence-electron chi connectivity index (χ1n) is 5.34. The number of alkyl halides is 1. The number of aryl methyl sites for hydroxylation is 1. The van der Waals surface area contributed by atoms with Gasteiger partial charge in [-0.1, -0.05) is 12.1 Å². The Labute approximate surface area is 123 Å². The van der Waals surface area contributed by atoms with Crippen molar-refractivity contribution in [3.63, 3.8) is 0 Å². The van der Waals surface area contributed by atoms with Gasteiger partial charge in [0.1, 0.15) is 11.6 Å². The summed E-state index contributed by atoms with van der Waals surface area (Å²) in [5.41, 5.74) is 1.20. The molecule has 1 unspecified atom stereocenters. The maximum atomic E-state index is 13.8. The van der Waals surface area contributed by atoms with Crippen LogP contribution in [0.5, 0.6) is 0 Å². The summed E-state index contributed by atoms with van der Waals surface area (Å²) in [6.07, 6.45) is 0. The second-order valence-electron chi connectivity index (χ2n) is 4.04. The zero-order valence-corrected chi connectivity index (χ0v) is 12.5. The zero-order valence-electron chi connectivity index (χ0n) is 9.55. The average Bonchev–Trinajstić information content (AvgIpc) is 2.33. The second kappa shape index (κ2) is 5.53. The monoisotopic (exact) mass is 378 g/mol. The van der Waals surface area contributed by atoms with E-state index in [1.807, 2.05) is 18.2 Å². The molecular weight excluding hydrogens is 369 g/mol. The lowest BCUT2D eigenvalue weighted by atomic mass is 10.0. The standard InChI is InChI=1S/C14H10ClF2I/c1-8-5-13(17)11(7-12(8)16)14(15)9-3-2-4-10(18)6-9/h2-7,14H,1H3. The van der Waals surface area contributed by atoms with Crippen LogP contribution in [-0.4, -0.2) is 0 Å². The van der Waals surface area contributed by atoms with Crippen molar-refractivity contribution in [1.29, 1.82) is 0 Å². The molecule has 0 heterocycles. The summed E-state index contributed by atoms with van der Waals surface area (Å²) in [6.45, 7) is 1.52. The van der Waals surface area contributed by atoms with E-state index in [0.717, 1.165) is 9.13 Å². The van der Waals surface area contributed by atoms with Gasteiger partial charge in [0.2, 0.25) is 0 Å². The number of hydrogen-bond donors (Lipinski definition) is 0. The van der Waals surface area contributed by atoms with Crippen molar-refractivity contribution in [3.8, 4) is 0 Å². The molecule has 0 spiro atoms. The molecule has 0 fully saturated rings. The van der Waals surface area contributed by atoms with Crippen LogP contribution in [0, 0.1) is 22.1 Å². The summed E-state index contributed by atoms with van der Waals surface area (Å²) in [7, 11) is 0. The summed E-state index contributed by atoms with van der Waals surface area (Å²) in [4.78, 5) is 0. The Hall–Kier alpha value is -0.680. The summed E-state index contributed by atoms with van der Waals surface area (Å²) in [5, 5.41) is -0.685. The second-order valence-corrected chi connectivity index (χ2v) is 5.72. The van der Waals surface area contributed by atoms with Gasteiger partial charge in [0, 0.05) is 9.13 Å². The highest BCUT2D eigenvalue weighted by atomic mass is 127. The van der Waals surface area contributed by atoms with Gasteiger partial charge in [-0.3, -0.25) is 0 Å². The van der Waals surface area contributed by atoms with Crippen LogP contribution in [-0.2, 0) is 0 Å². The van der Waals surface area contributed by atoms with Crippen LogP contribution < -0.4 is 0 Å². The van der Waals surface area contributed by atoms with Crippen molar-refractivity contribution < 1.29 is 8.78 Å². The van der Waals surface area contributed by atoms with Gasteiger partial charge in [-0.15, -0.1) is 11.6 Å². The van der Waals surface area contributed by atoms with E-state index in [-0.39, 0.29) is 11.1 Å². The van der Waals surface area contributed by atoms with Gasteiger partial charge in [0.25, 0.3) is 0 Å². The Kier molecular flexibility index (Phi) is 4.22. The highest BCUT2D eigenvalue weighted by Gasteiger charge is 2.17. The van der Waals surface area contributed by atoms with E-state index in [1.54, 1.807) is 6.07 Å². The van der Waals surface area contributed by atoms with Crippen molar-refractivity contribution >= 4 is 34.2 Å². The van der Waals surface area contributed by atoms with Crippen molar-refractivity contribution in [2.75, 3.05) is 0 Å². The van der Waals surface area contributed by atoms with Crippen molar-refractivity contribution in [2.24, 2.45) is 0 Å². The molecular formula is C14H10ClF2I. The van der Waals surface area contributed by atoms with Gasteiger partial charge >= 0.3 is 0 Å². The molecule has 2 rings (SSSR count). The molecule has 0 nitrogen and oxygen atoms in total. The van der Waals surface area contributed by atoms with Crippen LogP contribution in [0.2, 0.25) is 0 Å². The molecule has 0 amide bonds. The maximum Gasteiger partial charge on any atom is 0.128 e. The number of halogens is 4. The van der Waals surface area contributed by atoms with E-state index < -0.39 is 17.0 Å². The highest BCUT2D eigenvalue weighted by molar-refractivity contribution is 14.1. The Morgan fingerprint density at radius 3 is 2.50 bits per heavy atom. The highest BCUT2D eigenvalue weighted by Crippen LogP contribution is 2.32. The van der Waals surface area contributed by atoms with Gasteiger partial charge in [-0.2, -0.15) is 0 Å². The SMILES string of the molecule is Cc1cc(F)c(C(Cl)c2cccc(I)c2)cc1F. The summed E-state index contributed by atoms with van der Waals surface area (Å²) in [5.74, 6) is -0.921. The third kappa shape index (κ3) is 2.83. The van der Waals surface area contributed by atoms with Crippen LogP contribution in [0.1, 0.15) is 22.1 Å². The molecule has 0 aliphatic heterocycles. The molecule has 0 saturated carbocycles. The fraction of sp³-hybridized carbons (Fsp3) is 0.143. The van der Waals surface area contributed by atoms with Crippen molar-refractivity contribution in [2.45, 2.75) is 12.3 Å². The lowest BCUT2D eigenvalue weighted by Crippen LogP contribution is -2.00. The minimum atomic E-state index is -0.685. The van der Waals surface area contributed by atoms with E-state index >= 15 is 0 Å². The van der Waals surface area contributed by atoms with Gasteiger partial charge in [0.15, 0.2) is 0 Å². The molecule has 0 saturated heterocycles. The topological polar surface area (TPSA) is 0 Å². The Morgan fingerprint density at radius 2 is 1.83 bits per heavy atom. The van der Waals surface area contributed by atoms with E-state index in [0.29, 0.717) is 0 Å². The summed E-state index contributed by atoms with van der Waals surface area (Å²) < 4.78 is 28.3. The predicted molar refractivity (Wildman–Crippen MR) is 78.0 cm³/mol. The van der Waals surface area contributed by atoms with Gasteiger partial charge < -0.3 is 0 Å². The molecule has 1 atom stereocenters. The molecule has 0 aliphatic rings. The van der Waals surface area contributed by atoms with E-state index in [4.69, 9.17) is 11.6 Å². The lowest BCUT2D eigenvalue weighted by molar-refractivity contribution is 0.580. The molecule has 2 aromatic rings. The van der Waals surface area contributed by atoms with E-state index in [9.17, 15) is 8.78 Å².